The topological polar surface area (TPSA) is 74.7 Å². The summed E-state index contributed by atoms with van der Waals surface area (Å²) in [5, 5.41) is 7.73. The Morgan fingerprint density at radius 3 is 2.53 bits per heavy atom. The fourth-order valence-electron chi connectivity index (χ4n) is 3.10. The number of rotatable bonds is 6. The first-order valence-corrected chi connectivity index (χ1v) is 12.3. The maximum Gasteiger partial charge on any atom is 0.243 e. The van der Waals surface area contributed by atoms with Crippen molar-refractivity contribution in [2.45, 2.75) is 17.7 Å². The Kier molecular flexibility index (Phi) is 6.40. The largest absolute Gasteiger partial charge is 0.253 e. The summed E-state index contributed by atoms with van der Waals surface area (Å²) in [6.07, 6.45) is 3.43. The lowest BCUT2D eigenvalue weighted by Crippen LogP contribution is -2.27. The quantitative estimate of drug-likeness (QED) is 0.381. The highest BCUT2D eigenvalue weighted by Crippen LogP contribution is 2.27. The normalized spacial score (nSPS) is 15.1. The van der Waals surface area contributed by atoms with Crippen LogP contribution in [0.2, 0.25) is 10.0 Å². The Labute approximate surface area is 189 Å². The second-order valence-corrected chi connectivity index (χ2v) is 10.3. The molecule has 0 bridgehead atoms. The van der Waals surface area contributed by atoms with Crippen molar-refractivity contribution in [3.05, 3.63) is 63.5 Å². The average molecular weight is 481 g/mol. The van der Waals surface area contributed by atoms with Gasteiger partial charge in [0, 0.05) is 34.6 Å². The molecule has 1 N–H and O–H groups in total. The summed E-state index contributed by atoms with van der Waals surface area (Å²) in [6.45, 7) is 1.18. The van der Waals surface area contributed by atoms with Crippen molar-refractivity contribution in [1.29, 1.82) is 0 Å². The summed E-state index contributed by atoms with van der Waals surface area (Å²) in [6, 6.07) is 12.0. The number of nitrogens with one attached hydrogen (secondary N) is 1. The zero-order valence-electron chi connectivity index (χ0n) is 15.8. The van der Waals surface area contributed by atoms with Crippen molar-refractivity contribution in [3.8, 4) is 11.3 Å². The molecule has 0 saturated carbocycles. The number of hydrazone groups is 1. The van der Waals surface area contributed by atoms with Crippen molar-refractivity contribution in [1.82, 2.24) is 9.29 Å². The number of sulfonamides is 1. The lowest BCUT2D eigenvalue weighted by atomic mass is 10.2. The third-order valence-electron chi connectivity index (χ3n) is 4.68. The van der Waals surface area contributed by atoms with Crippen molar-refractivity contribution in [3.63, 3.8) is 0 Å². The SMILES string of the molecule is O=S(=O)(c1ccc(-c2csc(NN=Cc3ccc(Cl)cc3Cl)n2)cc1)N1CCCC1. The third kappa shape index (κ3) is 4.68. The minimum atomic E-state index is -3.41. The van der Waals surface area contributed by atoms with Crippen LogP contribution in [0.4, 0.5) is 5.13 Å². The summed E-state index contributed by atoms with van der Waals surface area (Å²) in [5.41, 5.74) is 5.20. The van der Waals surface area contributed by atoms with Crippen LogP contribution in [-0.2, 0) is 10.0 Å². The van der Waals surface area contributed by atoms with Crippen LogP contribution < -0.4 is 5.43 Å². The van der Waals surface area contributed by atoms with Gasteiger partial charge in [0.05, 0.1) is 21.8 Å². The van der Waals surface area contributed by atoms with Gasteiger partial charge >= 0.3 is 0 Å². The van der Waals surface area contributed by atoms with Crippen molar-refractivity contribution >= 4 is 55.9 Å². The minimum absolute atomic E-state index is 0.311. The average Bonchev–Trinajstić information content (AvgIpc) is 3.42. The monoisotopic (exact) mass is 480 g/mol. The van der Waals surface area contributed by atoms with Crippen LogP contribution >= 0.6 is 34.5 Å². The van der Waals surface area contributed by atoms with Crippen LogP contribution in [0.5, 0.6) is 0 Å². The van der Waals surface area contributed by atoms with Crippen molar-refractivity contribution in [2.75, 3.05) is 18.5 Å². The predicted octanol–water partition coefficient (Wildman–Crippen LogP) is 5.35. The molecule has 2 aromatic carbocycles. The molecule has 0 radical (unpaired) electrons. The molecule has 0 spiro atoms. The van der Waals surface area contributed by atoms with E-state index in [9.17, 15) is 8.42 Å². The van der Waals surface area contributed by atoms with E-state index < -0.39 is 10.0 Å². The predicted molar refractivity (Wildman–Crippen MR) is 123 cm³/mol. The van der Waals surface area contributed by atoms with Gasteiger partial charge in [-0.25, -0.2) is 13.4 Å². The Morgan fingerprint density at radius 1 is 1.10 bits per heavy atom. The van der Waals surface area contributed by atoms with E-state index in [0.29, 0.717) is 33.2 Å². The fourth-order valence-corrected chi connectivity index (χ4v) is 5.74. The molecule has 0 unspecified atom stereocenters. The Hall–Kier alpha value is -1.97. The summed E-state index contributed by atoms with van der Waals surface area (Å²) in [4.78, 5) is 4.81. The van der Waals surface area contributed by atoms with Gasteiger partial charge in [-0.15, -0.1) is 11.3 Å². The summed E-state index contributed by atoms with van der Waals surface area (Å²) in [5.74, 6) is 0. The first kappa shape index (κ1) is 21.3. The van der Waals surface area contributed by atoms with E-state index >= 15 is 0 Å². The molecule has 3 aromatic rings. The van der Waals surface area contributed by atoms with Crippen molar-refractivity contribution in [2.24, 2.45) is 5.10 Å². The van der Waals surface area contributed by atoms with Crippen LogP contribution in [0.15, 0.2) is 57.8 Å². The zero-order valence-corrected chi connectivity index (χ0v) is 18.9. The molecule has 4 rings (SSSR count). The molecule has 0 atom stereocenters. The summed E-state index contributed by atoms with van der Waals surface area (Å²) in [7, 11) is -3.41. The van der Waals surface area contributed by atoms with Gasteiger partial charge < -0.3 is 0 Å². The van der Waals surface area contributed by atoms with Gasteiger partial charge in [-0.05, 0) is 37.1 Å². The molecule has 0 aliphatic carbocycles. The molecule has 156 valence electrons. The van der Waals surface area contributed by atoms with E-state index in [2.05, 4.69) is 15.5 Å². The zero-order chi connectivity index (χ0) is 21.1. The van der Waals surface area contributed by atoms with Crippen LogP contribution in [-0.4, -0.2) is 37.0 Å². The van der Waals surface area contributed by atoms with Gasteiger partial charge in [-0.1, -0.05) is 41.4 Å². The van der Waals surface area contributed by atoms with Gasteiger partial charge in [0.15, 0.2) is 0 Å². The van der Waals surface area contributed by atoms with E-state index in [1.807, 2.05) is 5.38 Å². The van der Waals surface area contributed by atoms with Gasteiger partial charge in [-0.2, -0.15) is 9.41 Å². The molecule has 1 aliphatic heterocycles. The number of nitrogens with zero attached hydrogens (tertiary/aromatic N) is 3. The Bertz CT molecular complexity index is 1170. The van der Waals surface area contributed by atoms with E-state index in [1.165, 1.54) is 15.6 Å². The van der Waals surface area contributed by atoms with Crippen molar-refractivity contribution < 1.29 is 8.42 Å². The molecule has 2 heterocycles. The lowest BCUT2D eigenvalue weighted by Gasteiger charge is -2.15. The molecular formula is C20H18Cl2N4O2S2. The number of benzene rings is 2. The Morgan fingerprint density at radius 2 is 1.83 bits per heavy atom. The number of anilines is 1. The molecule has 1 aliphatic rings. The second-order valence-electron chi connectivity index (χ2n) is 6.71. The van der Waals surface area contributed by atoms with Gasteiger partial charge in [-0.3, -0.25) is 5.43 Å². The highest BCUT2D eigenvalue weighted by molar-refractivity contribution is 7.89. The molecule has 0 amide bonds. The highest BCUT2D eigenvalue weighted by atomic mass is 35.5. The third-order valence-corrected chi connectivity index (χ3v) is 7.91. The fraction of sp³-hybridized carbons (Fsp3) is 0.200. The molecule has 1 aromatic heterocycles. The first-order chi connectivity index (χ1) is 14.4. The molecular weight excluding hydrogens is 463 g/mol. The lowest BCUT2D eigenvalue weighted by molar-refractivity contribution is 0.477. The second kappa shape index (κ2) is 9.03. The van der Waals surface area contributed by atoms with Crippen LogP contribution in [0.25, 0.3) is 11.3 Å². The van der Waals surface area contributed by atoms with E-state index in [1.54, 1.807) is 48.7 Å². The summed E-state index contributed by atoms with van der Waals surface area (Å²) >= 11 is 13.4. The number of aromatic nitrogens is 1. The number of hydrogen-bond acceptors (Lipinski definition) is 6. The number of halogens is 2. The maximum atomic E-state index is 12.6. The van der Waals surface area contributed by atoms with Crippen LogP contribution in [0.1, 0.15) is 18.4 Å². The molecule has 6 nitrogen and oxygen atoms in total. The van der Waals surface area contributed by atoms with Crippen LogP contribution in [0, 0.1) is 0 Å². The summed E-state index contributed by atoms with van der Waals surface area (Å²) < 4.78 is 26.8. The minimum Gasteiger partial charge on any atom is -0.253 e. The highest BCUT2D eigenvalue weighted by Gasteiger charge is 2.26. The number of hydrogen-bond donors (Lipinski definition) is 1. The van der Waals surface area contributed by atoms with E-state index in [0.717, 1.165) is 29.7 Å². The Balaban J connectivity index is 1.44. The van der Waals surface area contributed by atoms with Gasteiger partial charge in [0.1, 0.15) is 0 Å². The smallest absolute Gasteiger partial charge is 0.243 e. The van der Waals surface area contributed by atoms with Gasteiger partial charge in [0.25, 0.3) is 0 Å². The maximum absolute atomic E-state index is 12.6. The van der Waals surface area contributed by atoms with E-state index in [-0.39, 0.29) is 0 Å². The first-order valence-electron chi connectivity index (χ1n) is 9.24. The van der Waals surface area contributed by atoms with E-state index in [4.69, 9.17) is 23.2 Å². The van der Waals surface area contributed by atoms with Gasteiger partial charge in [0.2, 0.25) is 15.2 Å². The molecule has 1 fully saturated rings. The molecule has 30 heavy (non-hydrogen) atoms. The standard InChI is InChI=1S/C20H18Cl2N4O2S2/c21-16-6-3-15(18(22)11-16)12-23-25-20-24-19(13-29-20)14-4-7-17(8-5-14)30(27,28)26-9-1-2-10-26/h3-8,11-13H,1-2,9-10H2,(H,24,25). The molecule has 1 saturated heterocycles. The number of thiazole rings is 1. The van der Waals surface area contributed by atoms with Crippen LogP contribution in [0.3, 0.4) is 0 Å². The molecule has 10 heteroatoms.